The number of carbonyl (C=O) groups is 2. The fraction of sp³-hybridized carbons (Fsp3) is 0.962. The summed E-state index contributed by atoms with van der Waals surface area (Å²) in [5, 5.41) is 0. The van der Waals surface area contributed by atoms with Gasteiger partial charge in [0.25, 0.3) is 0 Å². The Morgan fingerprint density at radius 3 is 1.22 bits per heavy atom. The molecule has 1 heterocycles. The van der Waals surface area contributed by atoms with E-state index < -0.39 is 5.79 Å². The SMILES string of the molecule is CCCCCC(CCCCC)CC(=O)OCCCCCCCCCCC1(CCCCCCCCCCOC(=O)CC(CCCCC)CCCCC)OCC(CN(C)CC)O1. The van der Waals surface area contributed by atoms with Gasteiger partial charge in [-0.3, -0.25) is 9.59 Å². The molecule has 7 heteroatoms. The zero-order valence-electron chi connectivity index (χ0n) is 41.1. The molecule has 0 saturated carbocycles. The van der Waals surface area contributed by atoms with Crippen LogP contribution in [0.5, 0.6) is 0 Å². The Labute approximate surface area is 373 Å². The van der Waals surface area contributed by atoms with Crippen molar-refractivity contribution >= 4 is 11.9 Å². The van der Waals surface area contributed by atoms with Crippen molar-refractivity contribution in [3.05, 3.63) is 0 Å². The summed E-state index contributed by atoms with van der Waals surface area (Å²) in [6.07, 6.45) is 42.3. The monoisotopic (exact) mass is 850 g/mol. The molecule has 1 aliphatic rings. The minimum atomic E-state index is -0.399. The van der Waals surface area contributed by atoms with Crippen LogP contribution in [0.1, 0.15) is 266 Å². The number of likely N-dealkylation sites (N-methyl/N-ethyl adjacent to an activating group) is 1. The first-order valence-electron chi connectivity index (χ1n) is 26.6. The minimum Gasteiger partial charge on any atom is -0.466 e. The molecular formula is C53H103NO6. The normalized spacial score (nSPS) is 15.2. The van der Waals surface area contributed by atoms with E-state index in [4.69, 9.17) is 18.9 Å². The Hall–Kier alpha value is -1.18. The first-order chi connectivity index (χ1) is 29.3. The van der Waals surface area contributed by atoms with Gasteiger partial charge in [0, 0.05) is 32.2 Å². The van der Waals surface area contributed by atoms with Crippen LogP contribution in [0.2, 0.25) is 0 Å². The van der Waals surface area contributed by atoms with E-state index in [1.165, 1.54) is 167 Å². The van der Waals surface area contributed by atoms with Gasteiger partial charge in [-0.05, 0) is 76.8 Å². The Balaban J connectivity index is 2.22. The quantitative estimate of drug-likeness (QED) is 0.0446. The lowest BCUT2D eigenvalue weighted by Crippen LogP contribution is -2.34. The van der Waals surface area contributed by atoms with Gasteiger partial charge in [-0.25, -0.2) is 0 Å². The Bertz CT molecular complexity index is 880. The van der Waals surface area contributed by atoms with Crippen LogP contribution < -0.4 is 0 Å². The molecular weight excluding hydrogens is 747 g/mol. The molecule has 1 atom stereocenters. The number of rotatable bonds is 45. The van der Waals surface area contributed by atoms with Crippen molar-refractivity contribution in [1.29, 1.82) is 0 Å². The van der Waals surface area contributed by atoms with Gasteiger partial charge < -0.3 is 23.8 Å². The smallest absolute Gasteiger partial charge is 0.306 e. The molecule has 0 N–H and O–H groups in total. The molecule has 1 rings (SSSR count). The van der Waals surface area contributed by atoms with Crippen LogP contribution in [0.3, 0.4) is 0 Å². The summed E-state index contributed by atoms with van der Waals surface area (Å²) in [5.74, 6) is 0.667. The second-order valence-corrected chi connectivity index (χ2v) is 19.0. The fourth-order valence-corrected chi connectivity index (χ4v) is 9.07. The van der Waals surface area contributed by atoms with Crippen LogP contribution in [0.25, 0.3) is 0 Å². The molecule has 1 saturated heterocycles. The number of carbonyl (C=O) groups excluding carboxylic acids is 2. The summed E-state index contributed by atoms with van der Waals surface area (Å²) in [5.41, 5.74) is 0. The highest BCUT2D eigenvalue weighted by Crippen LogP contribution is 2.35. The van der Waals surface area contributed by atoms with Crippen molar-refractivity contribution in [2.75, 3.05) is 40.0 Å². The van der Waals surface area contributed by atoms with Crippen LogP contribution >= 0.6 is 0 Å². The van der Waals surface area contributed by atoms with Crippen LogP contribution in [-0.4, -0.2) is 68.7 Å². The number of hydrogen-bond donors (Lipinski definition) is 0. The maximum absolute atomic E-state index is 12.5. The van der Waals surface area contributed by atoms with E-state index in [-0.39, 0.29) is 18.0 Å². The molecule has 0 aromatic heterocycles. The fourth-order valence-electron chi connectivity index (χ4n) is 9.07. The van der Waals surface area contributed by atoms with Gasteiger partial charge in [0.2, 0.25) is 0 Å². The average Bonchev–Trinajstić information content (AvgIpc) is 3.63. The van der Waals surface area contributed by atoms with Crippen molar-refractivity contribution in [2.24, 2.45) is 11.8 Å². The average molecular weight is 850 g/mol. The highest BCUT2D eigenvalue weighted by atomic mass is 16.7. The van der Waals surface area contributed by atoms with Crippen molar-refractivity contribution in [3.8, 4) is 0 Å². The maximum Gasteiger partial charge on any atom is 0.306 e. The molecule has 0 spiro atoms. The van der Waals surface area contributed by atoms with E-state index in [2.05, 4.69) is 46.6 Å². The molecule has 0 radical (unpaired) electrons. The summed E-state index contributed by atoms with van der Waals surface area (Å²) >= 11 is 0. The second kappa shape index (κ2) is 40.6. The Morgan fingerprint density at radius 1 is 0.517 bits per heavy atom. The lowest BCUT2D eigenvalue weighted by Gasteiger charge is -2.29. The largest absolute Gasteiger partial charge is 0.466 e. The minimum absolute atomic E-state index is 0.0258. The maximum atomic E-state index is 12.5. The first-order valence-corrected chi connectivity index (χ1v) is 26.6. The van der Waals surface area contributed by atoms with E-state index in [0.29, 0.717) is 44.5 Å². The van der Waals surface area contributed by atoms with Gasteiger partial charge in [0.1, 0.15) is 0 Å². The van der Waals surface area contributed by atoms with Crippen molar-refractivity contribution in [2.45, 2.75) is 278 Å². The zero-order chi connectivity index (χ0) is 43.8. The third kappa shape index (κ3) is 32.5. The predicted octanol–water partition coefficient (Wildman–Crippen LogP) is 15.5. The van der Waals surface area contributed by atoms with Gasteiger partial charge >= 0.3 is 11.9 Å². The van der Waals surface area contributed by atoms with E-state index >= 15 is 0 Å². The summed E-state index contributed by atoms with van der Waals surface area (Å²) in [6, 6.07) is 0. The van der Waals surface area contributed by atoms with E-state index in [0.717, 1.165) is 64.5 Å². The van der Waals surface area contributed by atoms with Crippen LogP contribution in [0.4, 0.5) is 0 Å². The van der Waals surface area contributed by atoms with Gasteiger partial charge in [-0.2, -0.15) is 0 Å². The lowest BCUT2D eigenvalue weighted by molar-refractivity contribution is -0.180. The van der Waals surface area contributed by atoms with Gasteiger partial charge in [-0.1, -0.05) is 189 Å². The van der Waals surface area contributed by atoms with Crippen LogP contribution in [0.15, 0.2) is 0 Å². The molecule has 0 amide bonds. The molecule has 1 fully saturated rings. The number of hydrogen-bond acceptors (Lipinski definition) is 7. The number of unbranched alkanes of at least 4 members (excludes halogenated alkanes) is 22. The third-order valence-corrected chi connectivity index (χ3v) is 13.2. The second-order valence-electron chi connectivity index (χ2n) is 19.0. The molecule has 0 bridgehead atoms. The molecule has 0 aromatic rings. The molecule has 60 heavy (non-hydrogen) atoms. The van der Waals surface area contributed by atoms with Crippen LogP contribution in [-0.2, 0) is 28.5 Å². The topological polar surface area (TPSA) is 74.3 Å². The highest BCUT2D eigenvalue weighted by Gasteiger charge is 2.40. The Kier molecular flexibility index (Phi) is 38.4. The lowest BCUT2D eigenvalue weighted by atomic mass is 9.92. The summed E-state index contributed by atoms with van der Waals surface area (Å²) < 4.78 is 24.5. The number of ether oxygens (including phenoxy) is 4. The zero-order valence-corrected chi connectivity index (χ0v) is 41.1. The molecule has 0 aromatic carbocycles. The molecule has 1 unspecified atom stereocenters. The highest BCUT2D eigenvalue weighted by molar-refractivity contribution is 5.70. The third-order valence-electron chi connectivity index (χ3n) is 13.2. The predicted molar refractivity (Wildman–Crippen MR) is 255 cm³/mol. The summed E-state index contributed by atoms with van der Waals surface area (Å²) in [7, 11) is 2.17. The molecule has 1 aliphatic heterocycles. The molecule has 0 aliphatic carbocycles. The van der Waals surface area contributed by atoms with E-state index in [1.807, 2.05) is 0 Å². The Morgan fingerprint density at radius 2 is 0.867 bits per heavy atom. The van der Waals surface area contributed by atoms with Gasteiger partial charge in [-0.15, -0.1) is 0 Å². The standard InChI is InChI=1S/C53H103NO6/c1-7-12-28-36-48(37-29-13-8-2)44-51(55)57-42-34-26-22-18-16-20-24-32-40-53(59-47-50(60-53)46-54(6)11-5)41-33-25-21-17-19-23-27-35-43-58-52(56)45-49(38-30-14-9-3)39-31-15-10-4/h48-50H,7-47H2,1-6H3. The van der Waals surface area contributed by atoms with E-state index in [9.17, 15) is 9.59 Å². The molecule has 7 nitrogen and oxygen atoms in total. The summed E-state index contributed by atoms with van der Waals surface area (Å²) in [6.45, 7) is 15.1. The molecule has 356 valence electrons. The van der Waals surface area contributed by atoms with Crippen molar-refractivity contribution < 1.29 is 28.5 Å². The first kappa shape index (κ1) is 56.8. The van der Waals surface area contributed by atoms with Crippen LogP contribution in [0, 0.1) is 11.8 Å². The van der Waals surface area contributed by atoms with Crippen molar-refractivity contribution in [3.63, 3.8) is 0 Å². The van der Waals surface area contributed by atoms with Gasteiger partial charge in [0.05, 0.1) is 25.9 Å². The van der Waals surface area contributed by atoms with Gasteiger partial charge in [0.15, 0.2) is 5.79 Å². The number of nitrogens with zero attached hydrogens (tertiary/aromatic N) is 1. The van der Waals surface area contributed by atoms with Crippen molar-refractivity contribution in [1.82, 2.24) is 4.90 Å². The van der Waals surface area contributed by atoms with E-state index in [1.54, 1.807) is 0 Å². The number of esters is 2. The summed E-state index contributed by atoms with van der Waals surface area (Å²) in [4.78, 5) is 27.4.